The molecule has 1 fully saturated rings. The van der Waals surface area contributed by atoms with Crippen molar-refractivity contribution in [3.63, 3.8) is 0 Å². The van der Waals surface area contributed by atoms with Crippen molar-refractivity contribution in [2.75, 3.05) is 39.8 Å². The number of piperazine rings is 1. The number of hydrogen-bond donors (Lipinski definition) is 1. The molecule has 0 spiro atoms. The Morgan fingerprint density at radius 2 is 1.83 bits per heavy atom. The molecule has 0 aliphatic carbocycles. The topological polar surface area (TPSA) is 35.6 Å². The summed E-state index contributed by atoms with van der Waals surface area (Å²) in [5.41, 5.74) is 0.495. The largest absolute Gasteiger partial charge is 0.350 e. The molecule has 1 heterocycles. The first kappa shape index (κ1) is 18.2. The first-order valence-corrected chi connectivity index (χ1v) is 8.59. The van der Waals surface area contributed by atoms with Gasteiger partial charge in [-0.1, -0.05) is 11.8 Å². The van der Waals surface area contributed by atoms with Gasteiger partial charge in [-0.15, -0.1) is 0 Å². The highest BCUT2D eigenvalue weighted by Gasteiger charge is 2.19. The summed E-state index contributed by atoms with van der Waals surface area (Å²) < 4.78 is 24.5. The van der Waals surface area contributed by atoms with Crippen molar-refractivity contribution < 1.29 is 13.6 Å². The zero-order chi connectivity index (χ0) is 16.8. The Morgan fingerprint density at radius 3 is 2.39 bits per heavy atom. The average Bonchev–Trinajstić information content (AvgIpc) is 2.53. The predicted molar refractivity (Wildman–Crippen MR) is 89.2 cm³/mol. The number of hydrogen-bond acceptors (Lipinski definition) is 4. The Bertz CT molecular complexity index is 505. The summed E-state index contributed by atoms with van der Waals surface area (Å²) in [7, 11) is 2.11. The number of nitrogens with one attached hydrogen (secondary N) is 1. The molecule has 4 nitrogen and oxygen atoms in total. The van der Waals surface area contributed by atoms with Crippen LogP contribution in [0.1, 0.15) is 17.3 Å². The molecular formula is C16H23F2N3OS. The molecular weight excluding hydrogens is 320 g/mol. The third-order valence-corrected chi connectivity index (χ3v) is 4.78. The van der Waals surface area contributed by atoms with Gasteiger partial charge in [0.05, 0.1) is 0 Å². The van der Waals surface area contributed by atoms with E-state index in [1.807, 2.05) is 0 Å². The van der Waals surface area contributed by atoms with E-state index in [1.165, 1.54) is 0 Å². The van der Waals surface area contributed by atoms with Crippen LogP contribution < -0.4 is 5.32 Å². The average molecular weight is 343 g/mol. The minimum absolute atomic E-state index is 0.167. The maximum absolute atomic E-state index is 12.3. The van der Waals surface area contributed by atoms with Crippen molar-refractivity contribution in [2.45, 2.75) is 23.6 Å². The summed E-state index contributed by atoms with van der Waals surface area (Å²) in [6.07, 6.45) is 0. The fraction of sp³-hybridized carbons (Fsp3) is 0.562. The predicted octanol–water partition coefficient (Wildman–Crippen LogP) is 2.37. The minimum atomic E-state index is -2.45. The van der Waals surface area contributed by atoms with Crippen molar-refractivity contribution in [1.82, 2.24) is 15.1 Å². The molecule has 1 atom stereocenters. The Hall–Kier alpha value is -1.18. The first-order valence-electron chi connectivity index (χ1n) is 7.71. The number of alkyl halides is 2. The van der Waals surface area contributed by atoms with Gasteiger partial charge in [-0.3, -0.25) is 9.69 Å². The van der Waals surface area contributed by atoms with Crippen LogP contribution in [0, 0.1) is 0 Å². The maximum atomic E-state index is 12.3. The van der Waals surface area contributed by atoms with Gasteiger partial charge in [-0.05, 0) is 38.2 Å². The summed E-state index contributed by atoms with van der Waals surface area (Å²) in [6.45, 7) is 6.79. The van der Waals surface area contributed by atoms with E-state index in [4.69, 9.17) is 0 Å². The van der Waals surface area contributed by atoms with Crippen LogP contribution in [0.2, 0.25) is 0 Å². The number of rotatable bonds is 6. The van der Waals surface area contributed by atoms with Crippen LogP contribution in [-0.2, 0) is 0 Å². The number of thioether (sulfide) groups is 1. The number of carbonyl (C=O) groups excluding carboxylic acids is 1. The van der Waals surface area contributed by atoms with Crippen molar-refractivity contribution in [3.8, 4) is 0 Å². The number of likely N-dealkylation sites (N-methyl/N-ethyl adjacent to an activating group) is 1. The Morgan fingerprint density at radius 1 is 1.22 bits per heavy atom. The third kappa shape index (κ3) is 5.75. The van der Waals surface area contributed by atoms with Crippen molar-refractivity contribution in [2.24, 2.45) is 0 Å². The van der Waals surface area contributed by atoms with E-state index in [-0.39, 0.29) is 11.9 Å². The molecule has 128 valence electrons. The van der Waals surface area contributed by atoms with Gasteiger partial charge in [-0.2, -0.15) is 8.78 Å². The van der Waals surface area contributed by atoms with Gasteiger partial charge in [0.1, 0.15) is 0 Å². The van der Waals surface area contributed by atoms with Gasteiger partial charge in [0.25, 0.3) is 11.7 Å². The van der Waals surface area contributed by atoms with Gasteiger partial charge < -0.3 is 10.2 Å². The fourth-order valence-corrected chi connectivity index (χ4v) is 3.02. The Labute approximate surface area is 140 Å². The van der Waals surface area contributed by atoms with Gasteiger partial charge >= 0.3 is 0 Å². The summed E-state index contributed by atoms with van der Waals surface area (Å²) in [6, 6.07) is 6.55. The molecule has 1 saturated heterocycles. The highest BCUT2D eigenvalue weighted by atomic mass is 32.2. The molecule has 23 heavy (non-hydrogen) atoms. The summed E-state index contributed by atoms with van der Waals surface area (Å²) in [5, 5.41) is 2.92. The highest BCUT2D eigenvalue weighted by molar-refractivity contribution is 7.99. The molecule has 0 radical (unpaired) electrons. The second-order valence-corrected chi connectivity index (χ2v) is 6.86. The number of amides is 1. The van der Waals surface area contributed by atoms with Crippen LogP contribution in [-0.4, -0.2) is 67.3 Å². The van der Waals surface area contributed by atoms with Crippen molar-refractivity contribution >= 4 is 17.7 Å². The lowest BCUT2D eigenvalue weighted by Gasteiger charge is -2.36. The van der Waals surface area contributed by atoms with Crippen LogP contribution in [0.5, 0.6) is 0 Å². The second-order valence-electron chi connectivity index (χ2n) is 5.80. The Balaban J connectivity index is 1.80. The van der Waals surface area contributed by atoms with E-state index in [9.17, 15) is 13.6 Å². The molecule has 1 aliphatic heterocycles. The molecule has 7 heteroatoms. The van der Waals surface area contributed by atoms with Gasteiger partial charge in [-0.25, -0.2) is 0 Å². The van der Waals surface area contributed by atoms with E-state index >= 15 is 0 Å². The zero-order valence-corrected chi connectivity index (χ0v) is 14.3. The smallest absolute Gasteiger partial charge is 0.288 e. The lowest BCUT2D eigenvalue weighted by molar-refractivity contribution is 0.0903. The fourth-order valence-electron chi connectivity index (χ4n) is 2.52. The maximum Gasteiger partial charge on any atom is 0.288 e. The monoisotopic (exact) mass is 343 g/mol. The van der Waals surface area contributed by atoms with Crippen LogP contribution >= 0.6 is 11.8 Å². The molecule has 1 aromatic carbocycles. The van der Waals surface area contributed by atoms with E-state index in [2.05, 4.69) is 29.1 Å². The van der Waals surface area contributed by atoms with E-state index < -0.39 is 5.76 Å². The molecule has 1 aliphatic rings. The quantitative estimate of drug-likeness (QED) is 0.805. The van der Waals surface area contributed by atoms with Gasteiger partial charge in [0.15, 0.2) is 0 Å². The summed E-state index contributed by atoms with van der Waals surface area (Å²) in [5.74, 6) is -2.61. The van der Waals surface area contributed by atoms with Gasteiger partial charge in [0.2, 0.25) is 0 Å². The molecule has 0 saturated carbocycles. The highest BCUT2D eigenvalue weighted by Crippen LogP contribution is 2.25. The SMILES string of the molecule is C[C@@H](CNC(=O)c1ccc(SC(F)F)cc1)N1CCN(C)CC1. The van der Waals surface area contributed by atoms with Crippen molar-refractivity contribution in [1.29, 1.82) is 0 Å². The molecule has 0 aromatic heterocycles. The van der Waals surface area contributed by atoms with Gasteiger partial charge in [0, 0.05) is 49.2 Å². The van der Waals surface area contributed by atoms with Crippen molar-refractivity contribution in [3.05, 3.63) is 29.8 Å². The second kappa shape index (κ2) is 8.61. The number of benzene rings is 1. The molecule has 2 rings (SSSR count). The van der Waals surface area contributed by atoms with E-state index in [1.54, 1.807) is 24.3 Å². The minimum Gasteiger partial charge on any atom is -0.350 e. The van der Waals surface area contributed by atoms with Crippen LogP contribution in [0.25, 0.3) is 0 Å². The van der Waals surface area contributed by atoms with Crippen LogP contribution in [0.3, 0.4) is 0 Å². The molecule has 1 amide bonds. The number of nitrogens with zero attached hydrogens (tertiary/aromatic N) is 2. The number of halogens is 2. The molecule has 1 N–H and O–H groups in total. The normalized spacial score (nSPS) is 18.1. The number of carbonyl (C=O) groups is 1. The lowest BCUT2D eigenvalue weighted by Crippen LogP contribution is -2.51. The summed E-state index contributed by atoms with van der Waals surface area (Å²) in [4.78, 5) is 17.2. The lowest BCUT2D eigenvalue weighted by atomic mass is 10.2. The van der Waals surface area contributed by atoms with E-state index in [0.29, 0.717) is 28.8 Å². The third-order valence-electron chi connectivity index (χ3n) is 4.06. The van der Waals surface area contributed by atoms with Crippen LogP contribution in [0.15, 0.2) is 29.2 Å². The standard InChI is InChI=1S/C16H23F2N3OS/c1-12(21-9-7-20(2)8-10-21)11-19-15(22)13-3-5-14(6-4-13)23-16(17)18/h3-6,12,16H,7-11H2,1-2H3,(H,19,22)/t12-/m0/s1. The Kier molecular flexibility index (Phi) is 6.80. The van der Waals surface area contributed by atoms with Crippen LogP contribution in [0.4, 0.5) is 8.78 Å². The summed E-state index contributed by atoms with van der Waals surface area (Å²) >= 11 is 0.480. The molecule has 1 aromatic rings. The molecule has 0 bridgehead atoms. The first-order chi connectivity index (χ1) is 11.0. The zero-order valence-electron chi connectivity index (χ0n) is 13.5. The van der Waals surface area contributed by atoms with E-state index in [0.717, 1.165) is 26.2 Å². The molecule has 0 unspecified atom stereocenters.